The molecule has 0 saturated carbocycles. The number of unbranched alkanes of at least 4 members (excludes halogenated alkanes) is 3. The summed E-state index contributed by atoms with van der Waals surface area (Å²) in [5, 5.41) is 11.6. The highest BCUT2D eigenvalue weighted by atomic mass is 16.3. The summed E-state index contributed by atoms with van der Waals surface area (Å²) in [6, 6.07) is 48.6. The predicted octanol–water partition coefficient (Wildman–Crippen LogP) is 13.2. The average molecular weight is 743 g/mol. The first-order valence-corrected chi connectivity index (χ1v) is 20.2. The normalized spacial score (nSPS) is 12.6. The maximum atomic E-state index is 11.6. The first kappa shape index (κ1) is 36.1. The SMILES string of the molecule is CCCCCCC(O)Cc1cc2[nH]c1c(-c1ccccc1)c1nc(c(-c3ccccc3)c3ccc([nH]3)c(-c3ccccc3)c3nc(c2-c2ccccc2)C=C3)C=C1. The van der Waals surface area contributed by atoms with E-state index in [1.54, 1.807) is 0 Å². The van der Waals surface area contributed by atoms with Gasteiger partial charge in [0.2, 0.25) is 0 Å². The molecule has 57 heavy (non-hydrogen) atoms. The van der Waals surface area contributed by atoms with E-state index in [-0.39, 0.29) is 0 Å². The van der Waals surface area contributed by atoms with E-state index in [1.807, 2.05) is 12.1 Å². The molecule has 5 heterocycles. The Morgan fingerprint density at radius 1 is 0.474 bits per heavy atom. The Labute approximate surface area is 334 Å². The van der Waals surface area contributed by atoms with E-state index in [4.69, 9.17) is 9.97 Å². The molecule has 5 heteroatoms. The molecule has 3 N–H and O–H groups in total. The topological polar surface area (TPSA) is 77.6 Å². The quantitative estimate of drug-likeness (QED) is 0.115. The standard InChI is InChI=1S/C52H46N4O/c1-2-3-4-17-26-40(57)33-39-34-47-50(37-22-13-7-14-23-37)45-30-29-43(54-45)48(35-18-9-5-10-19-35)41-27-28-42(53-41)49(36-20-11-6-12-21-36)44-31-32-46(55-44)51(52(39)56-47)38-24-15-8-16-25-38/h5-16,18-25,27-32,34,40,53,56-57H,2-4,17,26,33H2,1H3. The molecule has 1 atom stereocenters. The molecule has 5 nitrogen and oxygen atoms in total. The first-order valence-electron chi connectivity index (χ1n) is 20.2. The zero-order valence-corrected chi connectivity index (χ0v) is 32.3. The van der Waals surface area contributed by atoms with Crippen molar-refractivity contribution in [3.05, 3.63) is 168 Å². The van der Waals surface area contributed by atoms with Crippen molar-refractivity contribution in [3.8, 4) is 44.5 Å². The van der Waals surface area contributed by atoms with Gasteiger partial charge in [-0.1, -0.05) is 154 Å². The average Bonchev–Trinajstić information content (AvgIpc) is 4.09. The molecular formula is C52H46N4O. The molecule has 4 aromatic carbocycles. The van der Waals surface area contributed by atoms with Crippen molar-refractivity contribution in [3.63, 3.8) is 0 Å². The Kier molecular flexibility index (Phi) is 10.3. The minimum atomic E-state index is -0.481. The van der Waals surface area contributed by atoms with Crippen LogP contribution in [0.25, 0.3) is 90.9 Å². The summed E-state index contributed by atoms with van der Waals surface area (Å²) in [5.74, 6) is 0. The van der Waals surface area contributed by atoms with E-state index in [9.17, 15) is 5.11 Å². The lowest BCUT2D eigenvalue weighted by Gasteiger charge is -2.11. The number of aromatic nitrogens is 4. The van der Waals surface area contributed by atoms with Crippen LogP contribution >= 0.6 is 0 Å². The fourth-order valence-corrected chi connectivity index (χ4v) is 8.31. The summed E-state index contributed by atoms with van der Waals surface area (Å²) >= 11 is 0. The van der Waals surface area contributed by atoms with Crippen molar-refractivity contribution >= 4 is 46.4 Å². The van der Waals surface area contributed by atoms with Crippen molar-refractivity contribution in [2.24, 2.45) is 0 Å². The molecule has 8 bridgehead atoms. The van der Waals surface area contributed by atoms with Crippen LogP contribution in [0.4, 0.5) is 0 Å². The number of fused-ring (bicyclic) bond motifs is 8. The van der Waals surface area contributed by atoms with E-state index in [0.717, 1.165) is 114 Å². The molecule has 9 rings (SSSR count). The number of nitrogens with one attached hydrogen (secondary N) is 2. The van der Waals surface area contributed by atoms with Crippen LogP contribution < -0.4 is 0 Å². The van der Waals surface area contributed by atoms with Gasteiger partial charge in [-0.25, -0.2) is 9.97 Å². The third kappa shape index (κ3) is 7.42. The summed E-state index contributed by atoms with van der Waals surface area (Å²) < 4.78 is 0. The fraction of sp³-hybridized carbons (Fsp3) is 0.154. The summed E-state index contributed by atoms with van der Waals surface area (Å²) in [5.41, 5.74) is 16.7. The number of nitrogens with zero attached hydrogens (tertiary/aromatic N) is 2. The third-order valence-electron chi connectivity index (χ3n) is 11.0. The molecule has 0 fully saturated rings. The molecule has 0 spiro atoms. The number of benzene rings is 4. The smallest absolute Gasteiger partial charge is 0.0737 e. The molecule has 2 aliphatic rings. The van der Waals surface area contributed by atoms with Gasteiger partial charge in [-0.3, -0.25) is 0 Å². The van der Waals surface area contributed by atoms with Crippen LogP contribution in [0.2, 0.25) is 0 Å². The van der Waals surface area contributed by atoms with Gasteiger partial charge in [0.1, 0.15) is 0 Å². The maximum absolute atomic E-state index is 11.6. The minimum absolute atomic E-state index is 0.481. The van der Waals surface area contributed by atoms with E-state index in [2.05, 4.69) is 169 Å². The lowest BCUT2D eigenvalue weighted by molar-refractivity contribution is 0.161. The fourth-order valence-electron chi connectivity index (χ4n) is 8.31. The Balaban J connectivity index is 1.44. The lowest BCUT2D eigenvalue weighted by atomic mass is 9.98. The number of rotatable bonds is 11. The third-order valence-corrected chi connectivity index (χ3v) is 11.0. The highest BCUT2D eigenvalue weighted by molar-refractivity contribution is 6.00. The molecule has 280 valence electrons. The van der Waals surface area contributed by atoms with E-state index in [1.165, 1.54) is 12.8 Å². The maximum Gasteiger partial charge on any atom is 0.0737 e. The number of hydrogen-bond acceptors (Lipinski definition) is 3. The molecule has 0 amide bonds. The van der Waals surface area contributed by atoms with Crippen LogP contribution in [0.5, 0.6) is 0 Å². The van der Waals surface area contributed by atoms with Crippen LogP contribution in [0, 0.1) is 0 Å². The van der Waals surface area contributed by atoms with Crippen LogP contribution in [-0.2, 0) is 6.42 Å². The van der Waals surface area contributed by atoms with Crippen molar-refractivity contribution < 1.29 is 5.11 Å². The zero-order chi connectivity index (χ0) is 38.6. The van der Waals surface area contributed by atoms with E-state index < -0.39 is 6.10 Å². The van der Waals surface area contributed by atoms with Gasteiger partial charge in [-0.05, 0) is 76.7 Å². The number of hydrogen-bond donors (Lipinski definition) is 3. The molecule has 1 unspecified atom stereocenters. The highest BCUT2D eigenvalue weighted by Crippen LogP contribution is 2.39. The Morgan fingerprint density at radius 3 is 1.35 bits per heavy atom. The predicted molar refractivity (Wildman–Crippen MR) is 239 cm³/mol. The number of H-pyrrole nitrogens is 2. The van der Waals surface area contributed by atoms with Gasteiger partial charge in [-0.2, -0.15) is 0 Å². The van der Waals surface area contributed by atoms with Crippen LogP contribution in [0.3, 0.4) is 0 Å². The van der Waals surface area contributed by atoms with Gasteiger partial charge in [0, 0.05) is 45.2 Å². The van der Waals surface area contributed by atoms with Gasteiger partial charge >= 0.3 is 0 Å². The second-order valence-corrected chi connectivity index (χ2v) is 15.0. The molecule has 0 saturated heterocycles. The summed E-state index contributed by atoms with van der Waals surface area (Å²) in [7, 11) is 0. The van der Waals surface area contributed by atoms with E-state index >= 15 is 0 Å². The number of aliphatic hydroxyl groups excluding tert-OH is 1. The number of aromatic amines is 2. The van der Waals surface area contributed by atoms with Gasteiger partial charge < -0.3 is 15.1 Å². The van der Waals surface area contributed by atoms with Gasteiger partial charge in [0.05, 0.1) is 34.4 Å². The van der Waals surface area contributed by atoms with Crippen molar-refractivity contribution in [1.29, 1.82) is 0 Å². The van der Waals surface area contributed by atoms with Gasteiger partial charge in [0.25, 0.3) is 0 Å². The Bertz CT molecular complexity index is 2740. The molecule has 0 aliphatic carbocycles. The first-order chi connectivity index (χ1) is 28.1. The Morgan fingerprint density at radius 2 is 0.895 bits per heavy atom. The monoisotopic (exact) mass is 742 g/mol. The number of aliphatic hydroxyl groups is 1. The van der Waals surface area contributed by atoms with Crippen molar-refractivity contribution in [2.75, 3.05) is 0 Å². The van der Waals surface area contributed by atoms with Crippen LogP contribution in [-0.4, -0.2) is 31.1 Å². The van der Waals surface area contributed by atoms with Crippen LogP contribution in [0.1, 0.15) is 67.4 Å². The van der Waals surface area contributed by atoms with Crippen molar-refractivity contribution in [2.45, 2.75) is 51.6 Å². The minimum Gasteiger partial charge on any atom is -0.393 e. The van der Waals surface area contributed by atoms with Gasteiger partial charge in [0.15, 0.2) is 0 Å². The molecule has 3 aromatic heterocycles. The summed E-state index contributed by atoms with van der Waals surface area (Å²) in [6.07, 6.45) is 13.8. The largest absolute Gasteiger partial charge is 0.393 e. The summed E-state index contributed by atoms with van der Waals surface area (Å²) in [4.78, 5) is 18.7. The van der Waals surface area contributed by atoms with E-state index in [0.29, 0.717) is 6.42 Å². The molecule has 0 radical (unpaired) electrons. The summed E-state index contributed by atoms with van der Waals surface area (Å²) in [6.45, 7) is 2.22. The second-order valence-electron chi connectivity index (χ2n) is 15.0. The Hall–Kier alpha value is -6.56. The second kappa shape index (κ2) is 16.3. The lowest BCUT2D eigenvalue weighted by Crippen LogP contribution is -2.10. The molecular weight excluding hydrogens is 697 g/mol. The zero-order valence-electron chi connectivity index (χ0n) is 32.3. The molecule has 2 aliphatic heterocycles. The molecule has 7 aromatic rings. The van der Waals surface area contributed by atoms with Crippen molar-refractivity contribution in [1.82, 2.24) is 19.9 Å². The van der Waals surface area contributed by atoms with Gasteiger partial charge in [-0.15, -0.1) is 0 Å². The van der Waals surface area contributed by atoms with Crippen LogP contribution in [0.15, 0.2) is 140 Å². The highest BCUT2D eigenvalue weighted by Gasteiger charge is 2.21.